The second kappa shape index (κ2) is 6.71. The normalized spacial score (nSPS) is 12.0. The van der Waals surface area contributed by atoms with Crippen LogP contribution in [0.2, 0.25) is 0 Å². The molecular formula is C10H21N3O5S. The number of hydrogen-bond donors (Lipinski definition) is 3. The van der Waals surface area contributed by atoms with E-state index in [1.807, 2.05) is 0 Å². The molecular weight excluding hydrogens is 274 g/mol. The van der Waals surface area contributed by atoms with Gasteiger partial charge in [-0.3, -0.25) is 4.79 Å². The summed E-state index contributed by atoms with van der Waals surface area (Å²) in [6.45, 7) is 3.44. The zero-order valence-electron chi connectivity index (χ0n) is 11.6. The number of carbonyl (C=O) groups is 2. The predicted octanol–water partition coefficient (Wildman–Crippen LogP) is -0.570. The molecule has 19 heavy (non-hydrogen) atoms. The fourth-order valence-corrected chi connectivity index (χ4v) is 2.41. The van der Waals surface area contributed by atoms with Crippen molar-refractivity contribution >= 4 is 22.0 Å². The number of carboxylic acids is 1. The summed E-state index contributed by atoms with van der Waals surface area (Å²) < 4.78 is 24.6. The minimum atomic E-state index is -3.36. The number of carboxylic acid groups (broad SMARTS) is 1. The van der Waals surface area contributed by atoms with Crippen molar-refractivity contribution < 1.29 is 23.1 Å². The van der Waals surface area contributed by atoms with Crippen molar-refractivity contribution in [2.24, 2.45) is 0 Å². The summed E-state index contributed by atoms with van der Waals surface area (Å²) in [6.07, 6.45) is 0.893. The molecule has 0 heterocycles. The summed E-state index contributed by atoms with van der Waals surface area (Å²) >= 11 is 0. The van der Waals surface area contributed by atoms with Crippen LogP contribution in [0.5, 0.6) is 0 Å². The lowest BCUT2D eigenvalue weighted by Crippen LogP contribution is -2.52. The number of nitrogens with zero attached hydrogens (tertiary/aromatic N) is 1. The van der Waals surface area contributed by atoms with Gasteiger partial charge in [-0.25, -0.2) is 17.9 Å². The predicted molar refractivity (Wildman–Crippen MR) is 70.3 cm³/mol. The van der Waals surface area contributed by atoms with E-state index in [2.05, 4.69) is 10.0 Å². The van der Waals surface area contributed by atoms with E-state index in [0.717, 1.165) is 6.26 Å². The molecule has 0 aromatic rings. The monoisotopic (exact) mass is 295 g/mol. The standard InChI is InChI=1S/C10H21N3O5S/c1-10(2,12-19(4,17)18)7-11-9(16)13(3)6-5-8(14)15/h12H,5-7H2,1-4H3,(H,11,16)(H,14,15). The van der Waals surface area contributed by atoms with Crippen LogP contribution in [0.3, 0.4) is 0 Å². The average molecular weight is 295 g/mol. The van der Waals surface area contributed by atoms with Gasteiger partial charge in [-0.15, -0.1) is 0 Å². The molecule has 0 aliphatic heterocycles. The average Bonchev–Trinajstić information content (AvgIpc) is 2.19. The molecule has 2 amide bonds. The van der Waals surface area contributed by atoms with Gasteiger partial charge >= 0.3 is 12.0 Å². The largest absolute Gasteiger partial charge is 0.481 e. The zero-order valence-corrected chi connectivity index (χ0v) is 12.4. The highest BCUT2D eigenvalue weighted by atomic mass is 32.2. The maximum Gasteiger partial charge on any atom is 0.317 e. The molecule has 112 valence electrons. The van der Waals surface area contributed by atoms with Gasteiger partial charge in [0.2, 0.25) is 10.0 Å². The van der Waals surface area contributed by atoms with Gasteiger partial charge in [-0.1, -0.05) is 0 Å². The summed E-state index contributed by atoms with van der Waals surface area (Å²) in [5, 5.41) is 11.0. The van der Waals surface area contributed by atoms with Crippen LogP contribution >= 0.6 is 0 Å². The van der Waals surface area contributed by atoms with Crippen LogP contribution in [0.15, 0.2) is 0 Å². The molecule has 9 heteroatoms. The highest BCUT2D eigenvalue weighted by Gasteiger charge is 2.23. The third kappa shape index (κ3) is 9.25. The van der Waals surface area contributed by atoms with Crippen LogP contribution in [-0.2, 0) is 14.8 Å². The molecule has 0 saturated heterocycles. The van der Waals surface area contributed by atoms with E-state index in [4.69, 9.17) is 5.11 Å². The first-order chi connectivity index (χ1) is 8.43. The van der Waals surface area contributed by atoms with E-state index < -0.39 is 27.6 Å². The molecule has 0 fully saturated rings. The van der Waals surface area contributed by atoms with Gasteiger partial charge in [0.05, 0.1) is 12.7 Å². The molecule has 0 radical (unpaired) electrons. The number of rotatable bonds is 7. The molecule has 0 spiro atoms. The van der Waals surface area contributed by atoms with Crippen LogP contribution in [-0.4, -0.2) is 62.4 Å². The van der Waals surface area contributed by atoms with Crippen molar-refractivity contribution in [3.63, 3.8) is 0 Å². The highest BCUT2D eigenvalue weighted by Crippen LogP contribution is 2.02. The van der Waals surface area contributed by atoms with Crippen LogP contribution in [0, 0.1) is 0 Å². The Hall–Kier alpha value is -1.35. The Labute approximate surface area is 113 Å². The summed E-state index contributed by atoms with van der Waals surface area (Å²) in [5.41, 5.74) is -0.823. The van der Waals surface area contributed by atoms with Crippen molar-refractivity contribution in [2.45, 2.75) is 25.8 Å². The number of sulfonamides is 1. The number of aliphatic carboxylic acids is 1. The van der Waals surface area contributed by atoms with Crippen molar-refractivity contribution in [1.29, 1.82) is 0 Å². The Kier molecular flexibility index (Phi) is 6.23. The second-order valence-corrected chi connectivity index (χ2v) is 6.73. The van der Waals surface area contributed by atoms with Crippen LogP contribution < -0.4 is 10.0 Å². The Balaban J connectivity index is 4.24. The molecule has 0 unspecified atom stereocenters. The van der Waals surface area contributed by atoms with E-state index in [0.29, 0.717) is 0 Å². The maximum absolute atomic E-state index is 11.6. The van der Waals surface area contributed by atoms with E-state index in [9.17, 15) is 18.0 Å². The summed E-state index contributed by atoms with van der Waals surface area (Å²) in [4.78, 5) is 23.2. The van der Waals surface area contributed by atoms with Crippen molar-refractivity contribution in [3.8, 4) is 0 Å². The Morgan fingerprint density at radius 1 is 1.32 bits per heavy atom. The second-order valence-electron chi connectivity index (χ2n) is 4.98. The quantitative estimate of drug-likeness (QED) is 0.581. The summed E-state index contributed by atoms with van der Waals surface area (Å²) in [6, 6.07) is -0.454. The minimum absolute atomic E-state index is 0.0844. The first-order valence-electron chi connectivity index (χ1n) is 5.63. The van der Waals surface area contributed by atoms with Crippen molar-refractivity contribution in [1.82, 2.24) is 14.9 Å². The van der Waals surface area contributed by atoms with Crippen LogP contribution in [0.25, 0.3) is 0 Å². The topological polar surface area (TPSA) is 116 Å². The smallest absolute Gasteiger partial charge is 0.317 e. The van der Waals surface area contributed by atoms with Crippen LogP contribution in [0.1, 0.15) is 20.3 Å². The van der Waals surface area contributed by atoms with Gasteiger partial charge in [-0.2, -0.15) is 0 Å². The van der Waals surface area contributed by atoms with Gasteiger partial charge in [-0.05, 0) is 13.8 Å². The summed E-state index contributed by atoms with van der Waals surface area (Å²) in [5.74, 6) is -0.987. The molecule has 0 aliphatic carbocycles. The number of carbonyl (C=O) groups excluding carboxylic acids is 1. The summed E-state index contributed by atoms with van der Waals surface area (Å²) in [7, 11) is -1.90. The van der Waals surface area contributed by atoms with E-state index in [1.165, 1.54) is 11.9 Å². The molecule has 0 atom stereocenters. The van der Waals surface area contributed by atoms with Crippen molar-refractivity contribution in [2.75, 3.05) is 26.4 Å². The van der Waals surface area contributed by atoms with Gasteiger partial charge in [0.15, 0.2) is 0 Å². The van der Waals surface area contributed by atoms with Gasteiger partial charge in [0, 0.05) is 25.7 Å². The molecule has 0 rings (SSSR count). The Morgan fingerprint density at radius 2 is 1.84 bits per heavy atom. The lowest BCUT2D eigenvalue weighted by atomic mass is 10.1. The SMILES string of the molecule is CN(CCC(=O)O)C(=O)NCC(C)(C)NS(C)(=O)=O. The van der Waals surface area contributed by atoms with Gasteiger partial charge in [0.25, 0.3) is 0 Å². The maximum atomic E-state index is 11.6. The fourth-order valence-electron chi connectivity index (χ4n) is 1.33. The van der Waals surface area contributed by atoms with Crippen LogP contribution in [0.4, 0.5) is 4.79 Å². The first-order valence-corrected chi connectivity index (χ1v) is 7.52. The zero-order chi connectivity index (χ0) is 15.3. The molecule has 0 aromatic heterocycles. The minimum Gasteiger partial charge on any atom is -0.481 e. The molecule has 0 saturated carbocycles. The number of hydrogen-bond acceptors (Lipinski definition) is 4. The number of urea groups is 1. The van der Waals surface area contributed by atoms with E-state index >= 15 is 0 Å². The fraction of sp³-hybridized carbons (Fsp3) is 0.800. The Morgan fingerprint density at radius 3 is 2.26 bits per heavy atom. The van der Waals surface area contributed by atoms with Gasteiger partial charge < -0.3 is 15.3 Å². The highest BCUT2D eigenvalue weighted by molar-refractivity contribution is 7.88. The lowest BCUT2D eigenvalue weighted by Gasteiger charge is -2.26. The van der Waals surface area contributed by atoms with E-state index in [-0.39, 0.29) is 19.5 Å². The molecule has 0 bridgehead atoms. The molecule has 3 N–H and O–H groups in total. The third-order valence-electron chi connectivity index (χ3n) is 2.15. The first kappa shape index (κ1) is 17.6. The van der Waals surface area contributed by atoms with E-state index in [1.54, 1.807) is 13.8 Å². The lowest BCUT2D eigenvalue weighted by molar-refractivity contribution is -0.137. The number of amides is 2. The molecule has 8 nitrogen and oxygen atoms in total. The molecule has 0 aromatic carbocycles. The van der Waals surface area contributed by atoms with Crippen molar-refractivity contribution in [3.05, 3.63) is 0 Å². The number of nitrogens with one attached hydrogen (secondary N) is 2. The van der Waals surface area contributed by atoms with Gasteiger partial charge in [0.1, 0.15) is 0 Å². The molecule has 0 aliphatic rings. The Bertz CT molecular complexity index is 432. The third-order valence-corrected chi connectivity index (χ3v) is 3.07.